The smallest absolute Gasteiger partial charge is 0.378 e. The predicted molar refractivity (Wildman–Crippen MR) is 135 cm³/mol. The molecule has 3 atom stereocenters. The normalized spacial score (nSPS) is 21.7. The second kappa shape index (κ2) is 12.3. The summed E-state index contributed by atoms with van der Waals surface area (Å²) in [7, 11) is 0. The van der Waals surface area contributed by atoms with E-state index in [1.165, 1.54) is 11.0 Å². The molecular weight excluding hydrogens is 529 g/mol. The van der Waals surface area contributed by atoms with Gasteiger partial charge >= 0.3 is 6.18 Å². The van der Waals surface area contributed by atoms with Crippen LogP contribution in [0.1, 0.15) is 41.8 Å². The lowest BCUT2D eigenvalue weighted by atomic mass is 9.85. The molecule has 0 bridgehead atoms. The van der Waals surface area contributed by atoms with Gasteiger partial charge in [-0.1, -0.05) is 12.1 Å². The molecule has 2 aliphatic rings. The van der Waals surface area contributed by atoms with Crippen LogP contribution in [-0.4, -0.2) is 81.2 Å². The van der Waals surface area contributed by atoms with Crippen LogP contribution in [0.15, 0.2) is 30.5 Å². The van der Waals surface area contributed by atoms with Crippen molar-refractivity contribution in [2.24, 2.45) is 0 Å². The monoisotopic (exact) mass is 561 g/mol. The van der Waals surface area contributed by atoms with E-state index in [1.807, 2.05) is 0 Å². The Morgan fingerprint density at radius 1 is 1.21 bits per heavy atom. The SMILES string of the molecule is C[C@@H]1Cc2c(ccc(CCNS(=O)O)c2F)[C@@H](c2ccc(NC3CN(CCCF)C3)cn2)N1CC(F)(F)F. The maximum absolute atomic E-state index is 15.5. The van der Waals surface area contributed by atoms with E-state index >= 15 is 4.39 Å². The van der Waals surface area contributed by atoms with Gasteiger partial charge in [0, 0.05) is 32.2 Å². The van der Waals surface area contributed by atoms with Crippen LogP contribution in [0.3, 0.4) is 0 Å². The first-order valence-corrected chi connectivity index (χ1v) is 13.6. The maximum Gasteiger partial charge on any atom is 0.401 e. The molecule has 3 heterocycles. The summed E-state index contributed by atoms with van der Waals surface area (Å²) in [6.07, 6.45) is -2.12. The lowest BCUT2D eigenvalue weighted by Gasteiger charge is -2.42. The number of alkyl halides is 4. The van der Waals surface area contributed by atoms with Crippen LogP contribution < -0.4 is 10.0 Å². The highest BCUT2D eigenvalue weighted by Crippen LogP contribution is 2.40. The van der Waals surface area contributed by atoms with Crippen molar-refractivity contribution in [3.8, 4) is 0 Å². The number of pyridine rings is 1. The Labute approximate surface area is 221 Å². The third-order valence-corrected chi connectivity index (χ3v) is 7.49. The molecule has 0 radical (unpaired) electrons. The first-order chi connectivity index (χ1) is 18.1. The molecule has 38 heavy (non-hydrogen) atoms. The Balaban J connectivity index is 1.57. The van der Waals surface area contributed by atoms with Crippen molar-refractivity contribution >= 4 is 17.0 Å². The Hall–Kier alpha value is -2.19. The minimum atomic E-state index is -4.45. The molecule has 0 saturated carbocycles. The standard InChI is InChI=1S/C25H32F5N5O2S/c1-16-11-21-20(5-3-17(23(21)27)7-9-32-38(36)37)24(35(16)15-25(28,29)30)22-6-4-18(12-31-22)33-19-13-34(14-19)10-2-8-26/h3-6,12,16,19,24,32-33H,2,7-11,13-15H2,1H3,(H,36,37)/t16-,24+/m1/s1. The van der Waals surface area contributed by atoms with Crippen LogP contribution in [0.25, 0.3) is 0 Å². The number of anilines is 1. The summed E-state index contributed by atoms with van der Waals surface area (Å²) in [5.74, 6) is -0.503. The number of rotatable bonds is 11. The number of halogens is 5. The molecule has 3 N–H and O–H groups in total. The maximum atomic E-state index is 15.5. The summed E-state index contributed by atoms with van der Waals surface area (Å²) in [5, 5.41) is 3.34. The fourth-order valence-electron chi connectivity index (χ4n) is 5.26. The van der Waals surface area contributed by atoms with E-state index in [1.54, 1.807) is 31.3 Å². The first kappa shape index (κ1) is 28.8. The second-order valence-electron chi connectivity index (χ2n) is 9.86. The number of likely N-dealkylation sites (tertiary alicyclic amines) is 1. The molecule has 1 unspecified atom stereocenters. The van der Waals surface area contributed by atoms with Crippen LogP contribution >= 0.6 is 0 Å². The largest absolute Gasteiger partial charge is 0.401 e. The van der Waals surface area contributed by atoms with Crippen molar-refractivity contribution in [1.82, 2.24) is 19.5 Å². The van der Waals surface area contributed by atoms with Gasteiger partial charge in [-0.25, -0.2) is 13.3 Å². The van der Waals surface area contributed by atoms with Gasteiger partial charge in [0.05, 0.1) is 42.9 Å². The number of fused-ring (bicyclic) bond motifs is 1. The molecule has 1 aromatic carbocycles. The molecule has 0 amide bonds. The topological polar surface area (TPSA) is 80.7 Å². The van der Waals surface area contributed by atoms with Gasteiger partial charge in [-0.3, -0.25) is 23.7 Å². The summed E-state index contributed by atoms with van der Waals surface area (Å²) in [5.41, 5.74) is 2.21. The first-order valence-electron chi connectivity index (χ1n) is 12.5. The Morgan fingerprint density at radius 3 is 2.61 bits per heavy atom. The summed E-state index contributed by atoms with van der Waals surface area (Å²) < 4.78 is 90.6. The van der Waals surface area contributed by atoms with E-state index in [9.17, 15) is 21.8 Å². The molecule has 210 valence electrons. The van der Waals surface area contributed by atoms with Crippen LogP contribution in [-0.2, 0) is 24.1 Å². The van der Waals surface area contributed by atoms with Gasteiger partial charge in [0.2, 0.25) is 11.3 Å². The highest BCUT2D eigenvalue weighted by atomic mass is 32.2. The van der Waals surface area contributed by atoms with Gasteiger partial charge in [-0.15, -0.1) is 0 Å². The number of nitrogens with one attached hydrogen (secondary N) is 2. The quantitative estimate of drug-likeness (QED) is 0.286. The third-order valence-electron chi connectivity index (χ3n) is 7.04. The van der Waals surface area contributed by atoms with Gasteiger partial charge in [0.1, 0.15) is 5.82 Å². The van der Waals surface area contributed by atoms with E-state index in [-0.39, 0.29) is 32.1 Å². The number of aromatic nitrogens is 1. The van der Waals surface area contributed by atoms with E-state index in [0.29, 0.717) is 35.3 Å². The van der Waals surface area contributed by atoms with Crippen molar-refractivity contribution < 1.29 is 30.7 Å². The third kappa shape index (κ3) is 7.06. The van der Waals surface area contributed by atoms with Gasteiger partial charge in [-0.2, -0.15) is 13.2 Å². The molecule has 1 aromatic heterocycles. The van der Waals surface area contributed by atoms with Crippen molar-refractivity contribution in [1.29, 1.82) is 0 Å². The van der Waals surface area contributed by atoms with Crippen LogP contribution in [0.4, 0.5) is 27.6 Å². The van der Waals surface area contributed by atoms with Gasteiger partial charge in [-0.05, 0) is 55.0 Å². The average molecular weight is 562 g/mol. The fraction of sp³-hybridized carbons (Fsp3) is 0.560. The highest BCUT2D eigenvalue weighted by molar-refractivity contribution is 7.77. The second-order valence-corrected chi connectivity index (χ2v) is 10.6. The molecule has 1 saturated heterocycles. The summed E-state index contributed by atoms with van der Waals surface area (Å²) in [6.45, 7) is 2.47. The molecular formula is C25H32F5N5O2S. The highest BCUT2D eigenvalue weighted by Gasteiger charge is 2.42. The van der Waals surface area contributed by atoms with E-state index < -0.39 is 41.9 Å². The lowest BCUT2D eigenvalue weighted by molar-refractivity contribution is -0.155. The molecule has 0 spiro atoms. The zero-order valence-corrected chi connectivity index (χ0v) is 21.8. The molecule has 4 rings (SSSR count). The summed E-state index contributed by atoms with van der Waals surface area (Å²) in [4.78, 5) is 7.93. The Morgan fingerprint density at radius 2 is 1.97 bits per heavy atom. The van der Waals surface area contributed by atoms with Crippen molar-refractivity contribution in [3.05, 3.63) is 58.7 Å². The van der Waals surface area contributed by atoms with Gasteiger partial charge in [0.25, 0.3) is 0 Å². The van der Waals surface area contributed by atoms with Crippen molar-refractivity contribution in [2.45, 2.75) is 50.5 Å². The molecule has 2 aliphatic heterocycles. The van der Waals surface area contributed by atoms with Crippen molar-refractivity contribution in [2.75, 3.05) is 44.7 Å². The zero-order chi connectivity index (χ0) is 27.4. The van der Waals surface area contributed by atoms with Crippen LogP contribution in [0, 0.1) is 5.82 Å². The van der Waals surface area contributed by atoms with Gasteiger partial charge in [0.15, 0.2) is 0 Å². The van der Waals surface area contributed by atoms with Crippen LogP contribution in [0.5, 0.6) is 0 Å². The summed E-state index contributed by atoms with van der Waals surface area (Å²) >= 11 is -2.22. The minimum Gasteiger partial charge on any atom is -0.378 e. The average Bonchev–Trinajstić information content (AvgIpc) is 2.82. The Bertz CT molecular complexity index is 1110. The molecule has 1 fully saturated rings. The van der Waals surface area contributed by atoms with Crippen LogP contribution in [0.2, 0.25) is 0 Å². The zero-order valence-electron chi connectivity index (χ0n) is 21.0. The molecule has 13 heteroatoms. The Kier molecular flexibility index (Phi) is 9.35. The minimum absolute atomic E-state index is 0.0720. The molecule has 7 nitrogen and oxygen atoms in total. The van der Waals surface area contributed by atoms with Crippen molar-refractivity contribution in [3.63, 3.8) is 0 Å². The van der Waals surface area contributed by atoms with Gasteiger partial charge < -0.3 is 5.32 Å². The number of nitrogens with zero attached hydrogens (tertiary/aromatic N) is 3. The van der Waals surface area contributed by atoms with E-state index in [4.69, 9.17) is 4.55 Å². The number of benzene rings is 1. The molecule has 2 aromatic rings. The number of hydrogen-bond acceptors (Lipinski definition) is 5. The van der Waals surface area contributed by atoms with E-state index in [0.717, 1.165) is 18.8 Å². The molecule has 0 aliphatic carbocycles. The predicted octanol–water partition coefficient (Wildman–Crippen LogP) is 3.84. The lowest BCUT2D eigenvalue weighted by Crippen LogP contribution is -2.54. The fourth-order valence-corrected chi connectivity index (χ4v) is 5.54. The number of hydrogen-bond donors (Lipinski definition) is 3. The van der Waals surface area contributed by atoms with E-state index in [2.05, 4.69) is 19.9 Å². The summed E-state index contributed by atoms with van der Waals surface area (Å²) in [6, 6.07) is 5.28.